The lowest BCUT2D eigenvalue weighted by molar-refractivity contribution is -0.132. The predicted molar refractivity (Wildman–Crippen MR) is 74.4 cm³/mol. The average Bonchev–Trinajstić information content (AvgIpc) is 3.18. The Hall–Kier alpha value is -0.570. The number of carbonyl (C=O) groups is 1. The van der Waals surface area contributed by atoms with Crippen molar-refractivity contribution in [2.24, 2.45) is 11.8 Å². The van der Waals surface area contributed by atoms with Gasteiger partial charge in [-0.15, -0.1) is 0 Å². The van der Waals surface area contributed by atoms with Crippen LogP contribution in [0.1, 0.15) is 52.4 Å². The van der Waals surface area contributed by atoms with Crippen molar-refractivity contribution in [3.8, 4) is 0 Å². The number of piperidine rings is 1. The van der Waals surface area contributed by atoms with Gasteiger partial charge in [-0.1, -0.05) is 13.8 Å². The molecule has 1 heterocycles. The quantitative estimate of drug-likeness (QED) is 0.787. The molecular weight excluding hydrogens is 224 g/mol. The number of nitrogens with one attached hydrogen (secondary N) is 1. The predicted octanol–water partition coefficient (Wildman–Crippen LogP) is 2.41. The van der Waals surface area contributed by atoms with Crippen LogP contribution < -0.4 is 5.32 Å². The van der Waals surface area contributed by atoms with Crippen molar-refractivity contribution in [1.82, 2.24) is 10.2 Å². The van der Waals surface area contributed by atoms with Crippen LogP contribution in [0.3, 0.4) is 0 Å². The molecule has 3 heteroatoms. The molecule has 1 saturated carbocycles. The number of amides is 1. The largest absolute Gasteiger partial charge is 0.339 e. The summed E-state index contributed by atoms with van der Waals surface area (Å²) in [7, 11) is 0. The molecule has 0 aromatic rings. The molecule has 1 aliphatic carbocycles. The summed E-state index contributed by atoms with van der Waals surface area (Å²) in [5.74, 6) is 1.71. The minimum Gasteiger partial charge on any atom is -0.339 e. The lowest BCUT2D eigenvalue weighted by Gasteiger charge is -2.30. The summed E-state index contributed by atoms with van der Waals surface area (Å²) in [5.41, 5.74) is 0. The van der Waals surface area contributed by atoms with E-state index in [1.54, 1.807) is 0 Å². The van der Waals surface area contributed by atoms with E-state index in [9.17, 15) is 4.79 Å². The first kappa shape index (κ1) is 13.9. The average molecular weight is 252 g/mol. The Balaban J connectivity index is 1.81. The van der Waals surface area contributed by atoms with Crippen molar-refractivity contribution in [2.75, 3.05) is 19.6 Å². The normalized spacial score (nSPS) is 24.3. The molecule has 0 radical (unpaired) electrons. The molecular formula is C15H28N2O. The SMILES string of the molecule is CC(C)CCC(=O)N(CC1CCCNC1)C1CC1. The number of hydrogen-bond acceptors (Lipinski definition) is 2. The summed E-state index contributed by atoms with van der Waals surface area (Å²) >= 11 is 0. The molecule has 1 atom stereocenters. The van der Waals surface area contributed by atoms with E-state index in [-0.39, 0.29) is 0 Å². The number of rotatable bonds is 6. The van der Waals surface area contributed by atoms with Gasteiger partial charge in [0, 0.05) is 19.0 Å². The third-order valence-corrected chi connectivity index (χ3v) is 4.10. The van der Waals surface area contributed by atoms with Crippen molar-refractivity contribution in [3.05, 3.63) is 0 Å². The van der Waals surface area contributed by atoms with Crippen LogP contribution in [0.4, 0.5) is 0 Å². The van der Waals surface area contributed by atoms with Gasteiger partial charge < -0.3 is 10.2 Å². The lowest BCUT2D eigenvalue weighted by Crippen LogP contribution is -2.42. The van der Waals surface area contributed by atoms with Crippen LogP contribution >= 0.6 is 0 Å². The molecule has 0 aromatic carbocycles. The molecule has 1 amide bonds. The fraction of sp³-hybridized carbons (Fsp3) is 0.933. The second-order valence-corrected chi connectivity index (χ2v) is 6.42. The highest BCUT2D eigenvalue weighted by atomic mass is 16.2. The van der Waals surface area contributed by atoms with Crippen molar-refractivity contribution >= 4 is 5.91 Å². The molecule has 2 aliphatic rings. The van der Waals surface area contributed by atoms with E-state index in [0.29, 0.717) is 23.8 Å². The topological polar surface area (TPSA) is 32.3 Å². The van der Waals surface area contributed by atoms with Gasteiger partial charge in [0.2, 0.25) is 5.91 Å². The second kappa shape index (κ2) is 6.55. The van der Waals surface area contributed by atoms with Gasteiger partial charge in [0.15, 0.2) is 0 Å². The molecule has 1 N–H and O–H groups in total. The highest BCUT2D eigenvalue weighted by Gasteiger charge is 2.33. The maximum Gasteiger partial charge on any atom is 0.222 e. The summed E-state index contributed by atoms with van der Waals surface area (Å²) in [5, 5.41) is 3.45. The van der Waals surface area contributed by atoms with Crippen molar-refractivity contribution in [3.63, 3.8) is 0 Å². The molecule has 1 saturated heterocycles. The van der Waals surface area contributed by atoms with Crippen LogP contribution in [0.5, 0.6) is 0 Å². The Morgan fingerprint density at radius 2 is 2.11 bits per heavy atom. The minimum atomic E-state index is 0.400. The molecule has 1 aliphatic heterocycles. The van der Waals surface area contributed by atoms with Gasteiger partial charge in [-0.05, 0) is 57.0 Å². The summed E-state index contributed by atoms with van der Waals surface area (Å²) in [6.45, 7) is 7.64. The summed E-state index contributed by atoms with van der Waals surface area (Å²) in [4.78, 5) is 14.5. The highest BCUT2D eigenvalue weighted by molar-refractivity contribution is 5.76. The molecule has 0 aromatic heterocycles. The zero-order valence-electron chi connectivity index (χ0n) is 12.0. The Morgan fingerprint density at radius 1 is 1.33 bits per heavy atom. The third kappa shape index (κ3) is 4.27. The molecule has 2 fully saturated rings. The van der Waals surface area contributed by atoms with Gasteiger partial charge in [-0.25, -0.2) is 0 Å². The Kier molecular flexibility index (Phi) is 5.04. The van der Waals surface area contributed by atoms with Gasteiger partial charge in [-0.3, -0.25) is 4.79 Å². The van der Waals surface area contributed by atoms with E-state index >= 15 is 0 Å². The maximum absolute atomic E-state index is 12.3. The highest BCUT2D eigenvalue weighted by Crippen LogP contribution is 2.29. The molecule has 2 rings (SSSR count). The summed E-state index contributed by atoms with van der Waals surface area (Å²) in [6, 6.07) is 0.576. The first-order valence-corrected chi connectivity index (χ1v) is 7.67. The Morgan fingerprint density at radius 3 is 2.67 bits per heavy atom. The summed E-state index contributed by atoms with van der Waals surface area (Å²) in [6.07, 6.45) is 6.79. The molecule has 1 unspecified atom stereocenters. The van der Waals surface area contributed by atoms with Crippen molar-refractivity contribution < 1.29 is 4.79 Å². The first-order valence-electron chi connectivity index (χ1n) is 7.67. The minimum absolute atomic E-state index is 0.400. The fourth-order valence-electron chi connectivity index (χ4n) is 2.75. The van der Waals surface area contributed by atoms with E-state index in [1.807, 2.05) is 0 Å². The molecule has 104 valence electrons. The van der Waals surface area contributed by atoms with Gasteiger partial charge in [0.25, 0.3) is 0 Å². The van der Waals surface area contributed by atoms with E-state index in [2.05, 4.69) is 24.1 Å². The van der Waals surface area contributed by atoms with Crippen molar-refractivity contribution in [1.29, 1.82) is 0 Å². The van der Waals surface area contributed by atoms with E-state index in [0.717, 1.165) is 32.5 Å². The maximum atomic E-state index is 12.3. The number of carbonyl (C=O) groups excluding carboxylic acids is 1. The van der Waals surface area contributed by atoms with Crippen LogP contribution in [0.2, 0.25) is 0 Å². The van der Waals surface area contributed by atoms with Crippen molar-refractivity contribution in [2.45, 2.75) is 58.4 Å². The zero-order chi connectivity index (χ0) is 13.0. The third-order valence-electron chi connectivity index (χ3n) is 4.10. The van der Waals surface area contributed by atoms with Gasteiger partial charge in [0.05, 0.1) is 0 Å². The van der Waals surface area contributed by atoms with Crippen LogP contribution in [0.25, 0.3) is 0 Å². The van der Waals surface area contributed by atoms with Gasteiger partial charge in [-0.2, -0.15) is 0 Å². The number of nitrogens with zero attached hydrogens (tertiary/aromatic N) is 1. The van der Waals surface area contributed by atoms with E-state index in [4.69, 9.17) is 0 Å². The Labute approximate surface area is 111 Å². The van der Waals surface area contributed by atoms with Gasteiger partial charge >= 0.3 is 0 Å². The summed E-state index contributed by atoms with van der Waals surface area (Å²) < 4.78 is 0. The fourth-order valence-corrected chi connectivity index (χ4v) is 2.75. The molecule has 0 bridgehead atoms. The molecule has 3 nitrogen and oxygen atoms in total. The molecule has 18 heavy (non-hydrogen) atoms. The van der Waals surface area contributed by atoms with E-state index < -0.39 is 0 Å². The number of hydrogen-bond donors (Lipinski definition) is 1. The van der Waals surface area contributed by atoms with Crippen LogP contribution in [-0.4, -0.2) is 36.5 Å². The van der Waals surface area contributed by atoms with E-state index in [1.165, 1.54) is 25.7 Å². The van der Waals surface area contributed by atoms with Crippen LogP contribution in [0, 0.1) is 11.8 Å². The zero-order valence-corrected chi connectivity index (χ0v) is 12.0. The lowest BCUT2D eigenvalue weighted by atomic mass is 9.98. The van der Waals surface area contributed by atoms with Crippen LogP contribution in [0.15, 0.2) is 0 Å². The van der Waals surface area contributed by atoms with Crippen LogP contribution in [-0.2, 0) is 4.79 Å². The van der Waals surface area contributed by atoms with Gasteiger partial charge in [0.1, 0.15) is 0 Å². The monoisotopic (exact) mass is 252 g/mol. The second-order valence-electron chi connectivity index (χ2n) is 6.42. The first-order chi connectivity index (χ1) is 8.66. The Bertz CT molecular complexity index is 268. The standard InChI is InChI=1S/C15H28N2O/c1-12(2)5-8-15(18)17(14-6-7-14)11-13-4-3-9-16-10-13/h12-14,16H,3-11H2,1-2H3. The smallest absolute Gasteiger partial charge is 0.222 e. The molecule has 0 spiro atoms.